The van der Waals surface area contributed by atoms with Crippen molar-refractivity contribution in [3.8, 4) is 0 Å². The first kappa shape index (κ1) is 23.5. The summed E-state index contributed by atoms with van der Waals surface area (Å²) in [6.07, 6.45) is 12.8. The van der Waals surface area contributed by atoms with Crippen molar-refractivity contribution in [2.45, 2.75) is 88.3 Å². The summed E-state index contributed by atoms with van der Waals surface area (Å²) in [5, 5.41) is 12.4. The van der Waals surface area contributed by atoms with Gasteiger partial charge in [0.2, 0.25) is 5.72 Å². The maximum atomic E-state index is 12.2. The second-order valence-electron chi connectivity index (χ2n) is 11.4. The van der Waals surface area contributed by atoms with Crippen LogP contribution in [0.2, 0.25) is 0 Å². The molecule has 2 aromatic rings. The fourth-order valence-electron chi connectivity index (χ4n) is 7.41. The van der Waals surface area contributed by atoms with Gasteiger partial charge >= 0.3 is 6.09 Å². The van der Waals surface area contributed by atoms with Crippen LogP contribution >= 0.6 is 0 Å². The average Bonchev–Trinajstić information content (AvgIpc) is 3.51. The van der Waals surface area contributed by atoms with E-state index in [0.717, 1.165) is 59.6 Å². The number of hydrogen-bond donors (Lipinski definition) is 1. The van der Waals surface area contributed by atoms with E-state index < -0.39 is 18.2 Å². The van der Waals surface area contributed by atoms with Gasteiger partial charge < -0.3 is 5.11 Å². The Morgan fingerprint density at radius 1 is 1.11 bits per heavy atom. The molecule has 5 aliphatic heterocycles. The number of hydroxylamine groups is 1. The zero-order chi connectivity index (χ0) is 25.0. The largest absolute Gasteiger partial charge is 0.465 e. The van der Waals surface area contributed by atoms with Crippen molar-refractivity contribution in [3.63, 3.8) is 0 Å². The van der Waals surface area contributed by atoms with E-state index in [1.165, 1.54) is 45.2 Å². The molecular weight excluding hydrogens is 476 g/mol. The number of carbonyl (C=O) groups is 1. The number of aryl methyl sites for hydroxylation is 1. The second kappa shape index (κ2) is 9.00. The molecule has 4 fully saturated rings. The van der Waals surface area contributed by atoms with Crippen LogP contribution in [0.3, 0.4) is 0 Å². The van der Waals surface area contributed by atoms with Crippen LogP contribution in [0.1, 0.15) is 70.0 Å². The molecule has 0 aliphatic carbocycles. The Balaban J connectivity index is 1.27. The molecule has 0 saturated carbocycles. The van der Waals surface area contributed by atoms with Gasteiger partial charge in [0, 0.05) is 37.3 Å². The fourth-order valence-corrected chi connectivity index (χ4v) is 7.41. The number of nitrogens with zero attached hydrogens (tertiary/aromatic N) is 6. The van der Waals surface area contributed by atoms with Gasteiger partial charge in [-0.05, 0) is 57.1 Å². The van der Waals surface area contributed by atoms with Crippen LogP contribution in [-0.4, -0.2) is 73.3 Å². The van der Waals surface area contributed by atoms with Crippen molar-refractivity contribution in [1.82, 2.24) is 24.8 Å². The highest BCUT2D eigenvalue weighted by atomic mass is 17.3. The molecule has 7 bridgehead atoms. The number of rotatable bonds is 0. The van der Waals surface area contributed by atoms with Crippen LogP contribution in [0.5, 0.6) is 0 Å². The minimum Gasteiger partial charge on any atom is -0.465 e. The third kappa shape index (κ3) is 3.94. The Morgan fingerprint density at radius 3 is 2.95 bits per heavy atom. The maximum absolute atomic E-state index is 12.2. The van der Waals surface area contributed by atoms with Gasteiger partial charge in [0.1, 0.15) is 5.82 Å². The lowest BCUT2D eigenvalue weighted by Crippen LogP contribution is -2.63. The summed E-state index contributed by atoms with van der Waals surface area (Å²) in [5.41, 5.74) is -0.0976. The van der Waals surface area contributed by atoms with E-state index in [1.54, 1.807) is 17.5 Å². The lowest BCUT2D eigenvalue weighted by molar-refractivity contribution is -0.346. The highest BCUT2D eigenvalue weighted by molar-refractivity contribution is 5.88. The third-order valence-electron chi connectivity index (χ3n) is 9.14. The molecule has 7 heterocycles. The van der Waals surface area contributed by atoms with Crippen LogP contribution in [0.15, 0.2) is 18.5 Å². The summed E-state index contributed by atoms with van der Waals surface area (Å²) >= 11 is 0. The smallest absolute Gasteiger partial charge is 0.413 e. The molecule has 4 unspecified atom stereocenters. The Bertz CT molecular complexity index is 1200. The van der Waals surface area contributed by atoms with Gasteiger partial charge in [0.15, 0.2) is 5.82 Å². The Labute approximate surface area is 215 Å². The summed E-state index contributed by atoms with van der Waals surface area (Å²) < 4.78 is 0. The van der Waals surface area contributed by atoms with Crippen molar-refractivity contribution in [1.29, 1.82) is 0 Å². The van der Waals surface area contributed by atoms with Gasteiger partial charge in [-0.25, -0.2) is 34.5 Å². The number of hydrogen-bond acceptors (Lipinski definition) is 9. The van der Waals surface area contributed by atoms with Crippen LogP contribution < -0.4 is 5.06 Å². The molecule has 198 valence electrons. The maximum Gasteiger partial charge on any atom is 0.413 e. The van der Waals surface area contributed by atoms with Gasteiger partial charge in [-0.15, -0.1) is 0 Å². The standard InChI is InChI=1S/C26H34N6O5/c33-23(34)32-24-35-31-17-26(32,37-36-24)10-4-2-1-3-6-18-14-25(9-5-13-30(25)16-18)11-7-21-28-20-8-12-27-15-19(20)22(31)29-21/h8,12,15,18,24H,1-7,9-11,13-14,16-17H2,(H,33,34). The molecule has 1 N–H and O–H groups in total. The van der Waals surface area contributed by atoms with Crippen molar-refractivity contribution < 1.29 is 24.5 Å². The van der Waals surface area contributed by atoms with Crippen molar-refractivity contribution in [3.05, 3.63) is 24.3 Å². The summed E-state index contributed by atoms with van der Waals surface area (Å²) in [6.45, 7) is 2.56. The van der Waals surface area contributed by atoms with E-state index in [-0.39, 0.29) is 12.1 Å². The zero-order valence-electron chi connectivity index (χ0n) is 21.0. The summed E-state index contributed by atoms with van der Waals surface area (Å²) in [6, 6.07) is 1.89. The number of aromatic nitrogens is 3. The molecule has 2 spiro atoms. The first-order valence-electron chi connectivity index (χ1n) is 13.7. The van der Waals surface area contributed by atoms with Crippen molar-refractivity contribution >= 4 is 22.8 Å². The molecule has 2 aromatic heterocycles. The molecule has 5 aliphatic rings. The lowest BCUT2D eigenvalue weighted by atomic mass is 9.84. The first-order valence-corrected chi connectivity index (χ1v) is 13.7. The molecular formula is C26H34N6O5. The Morgan fingerprint density at radius 2 is 2.03 bits per heavy atom. The fraction of sp³-hybridized carbons (Fsp3) is 0.692. The normalized spacial score (nSPS) is 34.5. The van der Waals surface area contributed by atoms with Crippen LogP contribution in [0.4, 0.5) is 10.6 Å². The zero-order valence-corrected chi connectivity index (χ0v) is 21.0. The van der Waals surface area contributed by atoms with E-state index >= 15 is 0 Å². The third-order valence-corrected chi connectivity index (χ3v) is 9.14. The van der Waals surface area contributed by atoms with E-state index in [9.17, 15) is 9.90 Å². The summed E-state index contributed by atoms with van der Waals surface area (Å²) in [4.78, 5) is 47.4. The van der Waals surface area contributed by atoms with Gasteiger partial charge in [-0.1, -0.05) is 19.3 Å². The number of amides is 1. The molecule has 0 aromatic carbocycles. The SMILES string of the molecule is O=C(O)N1C2OOC13CCCCCCC1CN4CCCC4(CCc4nc(c5cnccc5n4)N(C3)O2)C1. The number of fused-ring (bicyclic) bond motifs is 8. The van der Waals surface area contributed by atoms with Crippen LogP contribution in [0.25, 0.3) is 10.9 Å². The first-order chi connectivity index (χ1) is 18.1. The Hall–Kier alpha value is -2.60. The predicted molar refractivity (Wildman–Crippen MR) is 132 cm³/mol. The van der Waals surface area contributed by atoms with E-state index in [0.29, 0.717) is 12.2 Å². The number of pyridine rings is 1. The highest BCUT2D eigenvalue weighted by Crippen LogP contribution is 2.46. The predicted octanol–water partition coefficient (Wildman–Crippen LogP) is 3.84. The van der Waals surface area contributed by atoms with Crippen LogP contribution in [-0.2, 0) is 21.0 Å². The van der Waals surface area contributed by atoms with Crippen molar-refractivity contribution in [2.24, 2.45) is 5.92 Å². The topological polar surface area (TPSA) is 113 Å². The monoisotopic (exact) mass is 510 g/mol. The molecule has 11 nitrogen and oxygen atoms in total. The molecule has 7 rings (SSSR count). The van der Waals surface area contributed by atoms with Gasteiger partial charge in [0.05, 0.1) is 17.4 Å². The van der Waals surface area contributed by atoms with Crippen molar-refractivity contribution in [2.75, 3.05) is 24.7 Å². The summed E-state index contributed by atoms with van der Waals surface area (Å²) in [5.74, 6) is 2.11. The average molecular weight is 511 g/mol. The molecule has 1 amide bonds. The summed E-state index contributed by atoms with van der Waals surface area (Å²) in [7, 11) is 0. The molecule has 4 atom stereocenters. The van der Waals surface area contributed by atoms with E-state index in [2.05, 4.69) is 9.88 Å². The minimum atomic E-state index is -1.19. The number of carboxylic acid groups (broad SMARTS) is 1. The van der Waals surface area contributed by atoms with Crippen LogP contribution in [0, 0.1) is 5.92 Å². The van der Waals surface area contributed by atoms with Gasteiger partial charge in [0.25, 0.3) is 6.41 Å². The number of anilines is 1. The van der Waals surface area contributed by atoms with Gasteiger partial charge in [-0.2, -0.15) is 4.89 Å². The highest BCUT2D eigenvalue weighted by Gasteiger charge is 2.59. The van der Waals surface area contributed by atoms with E-state index in [1.807, 2.05) is 6.07 Å². The Kier molecular flexibility index (Phi) is 5.72. The second-order valence-corrected chi connectivity index (χ2v) is 11.4. The minimum absolute atomic E-state index is 0.149. The molecule has 4 saturated heterocycles. The van der Waals surface area contributed by atoms with Gasteiger partial charge in [-0.3, -0.25) is 9.88 Å². The molecule has 0 radical (unpaired) electrons. The van der Waals surface area contributed by atoms with E-state index in [4.69, 9.17) is 24.6 Å². The molecule has 37 heavy (non-hydrogen) atoms. The quantitative estimate of drug-likeness (QED) is 0.525. The molecule has 11 heteroatoms. The lowest BCUT2D eigenvalue weighted by Gasteiger charge is -2.42.